The SMILES string of the molecule is CCNC(=NCCCCOCC)NC1CC1. The van der Waals surface area contributed by atoms with Crippen LogP contribution in [0, 0.1) is 0 Å². The van der Waals surface area contributed by atoms with E-state index < -0.39 is 0 Å². The molecule has 1 fully saturated rings. The lowest BCUT2D eigenvalue weighted by Gasteiger charge is -2.09. The number of ether oxygens (including phenoxy) is 1. The Kier molecular flexibility index (Phi) is 6.97. The van der Waals surface area contributed by atoms with Crippen molar-refractivity contribution in [2.45, 2.75) is 45.6 Å². The third-order valence-electron chi connectivity index (χ3n) is 2.43. The highest BCUT2D eigenvalue weighted by Gasteiger charge is 2.21. The Hall–Kier alpha value is -0.770. The second-order valence-electron chi connectivity index (χ2n) is 4.08. The van der Waals surface area contributed by atoms with E-state index in [0.717, 1.165) is 45.1 Å². The molecule has 16 heavy (non-hydrogen) atoms. The van der Waals surface area contributed by atoms with Crippen LogP contribution in [0.1, 0.15) is 39.5 Å². The van der Waals surface area contributed by atoms with Crippen molar-refractivity contribution in [1.29, 1.82) is 0 Å². The second kappa shape index (κ2) is 8.39. The zero-order valence-corrected chi connectivity index (χ0v) is 10.6. The summed E-state index contributed by atoms with van der Waals surface area (Å²) < 4.78 is 5.28. The number of rotatable bonds is 8. The molecule has 4 nitrogen and oxygen atoms in total. The van der Waals surface area contributed by atoms with Crippen LogP contribution in [0.2, 0.25) is 0 Å². The first kappa shape index (κ1) is 13.3. The molecular weight excluding hydrogens is 202 g/mol. The minimum absolute atomic E-state index is 0.668. The van der Waals surface area contributed by atoms with Gasteiger partial charge in [-0.15, -0.1) is 0 Å². The van der Waals surface area contributed by atoms with Gasteiger partial charge in [0.1, 0.15) is 0 Å². The number of guanidine groups is 1. The Bertz CT molecular complexity index is 202. The zero-order chi connectivity index (χ0) is 11.6. The molecule has 0 aromatic carbocycles. The normalized spacial score (nSPS) is 16.2. The molecule has 0 aliphatic heterocycles. The van der Waals surface area contributed by atoms with Gasteiger partial charge in [-0.25, -0.2) is 0 Å². The van der Waals surface area contributed by atoms with Gasteiger partial charge in [0.25, 0.3) is 0 Å². The highest BCUT2D eigenvalue weighted by molar-refractivity contribution is 5.80. The lowest BCUT2D eigenvalue weighted by Crippen LogP contribution is -2.38. The standard InChI is InChI=1S/C12H25N3O/c1-3-13-12(15-11-7-8-11)14-9-5-6-10-16-4-2/h11H,3-10H2,1-2H3,(H2,13,14,15). The Labute approximate surface area is 98.9 Å². The number of unbranched alkanes of at least 4 members (excludes halogenated alkanes) is 1. The summed E-state index contributed by atoms with van der Waals surface area (Å²) in [5, 5.41) is 6.67. The molecule has 1 rings (SSSR count). The molecule has 0 aromatic heterocycles. The maximum absolute atomic E-state index is 5.28. The predicted octanol–water partition coefficient (Wildman–Crippen LogP) is 1.52. The van der Waals surface area contributed by atoms with Gasteiger partial charge in [-0.05, 0) is 39.5 Å². The summed E-state index contributed by atoms with van der Waals surface area (Å²) >= 11 is 0. The molecule has 0 heterocycles. The average Bonchev–Trinajstić information content (AvgIpc) is 3.07. The summed E-state index contributed by atoms with van der Waals surface area (Å²) in [5.41, 5.74) is 0. The predicted molar refractivity (Wildman–Crippen MR) is 67.9 cm³/mol. The van der Waals surface area contributed by atoms with E-state index in [1.165, 1.54) is 12.8 Å². The smallest absolute Gasteiger partial charge is 0.191 e. The van der Waals surface area contributed by atoms with Crippen LogP contribution in [-0.4, -0.2) is 38.3 Å². The number of nitrogens with zero attached hydrogens (tertiary/aromatic N) is 1. The molecule has 2 N–H and O–H groups in total. The summed E-state index contributed by atoms with van der Waals surface area (Å²) in [6.45, 7) is 7.61. The topological polar surface area (TPSA) is 45.7 Å². The van der Waals surface area contributed by atoms with Crippen molar-refractivity contribution in [3.8, 4) is 0 Å². The Morgan fingerprint density at radius 2 is 2.12 bits per heavy atom. The van der Waals surface area contributed by atoms with E-state index in [2.05, 4.69) is 22.5 Å². The average molecular weight is 227 g/mol. The molecule has 0 radical (unpaired) electrons. The number of hydrogen-bond donors (Lipinski definition) is 2. The van der Waals surface area contributed by atoms with E-state index in [4.69, 9.17) is 4.74 Å². The highest BCUT2D eigenvalue weighted by Crippen LogP contribution is 2.18. The van der Waals surface area contributed by atoms with E-state index in [0.29, 0.717) is 6.04 Å². The molecule has 4 heteroatoms. The lowest BCUT2D eigenvalue weighted by molar-refractivity contribution is 0.144. The summed E-state index contributed by atoms with van der Waals surface area (Å²) in [6.07, 6.45) is 4.77. The van der Waals surface area contributed by atoms with E-state index in [1.54, 1.807) is 0 Å². The fraction of sp³-hybridized carbons (Fsp3) is 0.917. The molecule has 0 unspecified atom stereocenters. The molecule has 0 spiro atoms. The van der Waals surface area contributed by atoms with Crippen molar-refractivity contribution >= 4 is 5.96 Å². The molecule has 0 saturated heterocycles. The first-order valence-electron chi connectivity index (χ1n) is 6.49. The zero-order valence-electron chi connectivity index (χ0n) is 10.6. The largest absolute Gasteiger partial charge is 0.382 e. The summed E-state index contributed by atoms with van der Waals surface area (Å²) in [4.78, 5) is 4.53. The van der Waals surface area contributed by atoms with Crippen LogP contribution < -0.4 is 10.6 Å². The van der Waals surface area contributed by atoms with Crippen LogP contribution in [0.4, 0.5) is 0 Å². The van der Waals surface area contributed by atoms with Gasteiger partial charge in [-0.3, -0.25) is 4.99 Å². The maximum atomic E-state index is 5.28. The Balaban J connectivity index is 2.06. The minimum Gasteiger partial charge on any atom is -0.382 e. The van der Waals surface area contributed by atoms with Gasteiger partial charge in [0.05, 0.1) is 0 Å². The van der Waals surface area contributed by atoms with Crippen molar-refractivity contribution in [3.05, 3.63) is 0 Å². The lowest BCUT2D eigenvalue weighted by atomic mass is 10.3. The molecular formula is C12H25N3O. The highest BCUT2D eigenvalue weighted by atomic mass is 16.5. The van der Waals surface area contributed by atoms with E-state index in [9.17, 15) is 0 Å². The third-order valence-corrected chi connectivity index (χ3v) is 2.43. The van der Waals surface area contributed by atoms with Crippen molar-refractivity contribution < 1.29 is 4.74 Å². The summed E-state index contributed by atoms with van der Waals surface area (Å²) in [7, 11) is 0. The fourth-order valence-corrected chi connectivity index (χ4v) is 1.39. The summed E-state index contributed by atoms with van der Waals surface area (Å²) in [6, 6.07) is 0.668. The molecule has 0 bridgehead atoms. The van der Waals surface area contributed by atoms with Crippen LogP contribution in [0.25, 0.3) is 0 Å². The van der Waals surface area contributed by atoms with E-state index in [-0.39, 0.29) is 0 Å². The molecule has 94 valence electrons. The maximum Gasteiger partial charge on any atom is 0.191 e. The minimum atomic E-state index is 0.668. The number of nitrogens with one attached hydrogen (secondary N) is 2. The number of hydrogen-bond acceptors (Lipinski definition) is 2. The third kappa shape index (κ3) is 6.67. The van der Waals surface area contributed by atoms with Crippen LogP contribution >= 0.6 is 0 Å². The van der Waals surface area contributed by atoms with Gasteiger partial charge < -0.3 is 15.4 Å². The van der Waals surface area contributed by atoms with E-state index in [1.807, 2.05) is 6.92 Å². The van der Waals surface area contributed by atoms with Gasteiger partial charge in [0.2, 0.25) is 0 Å². The van der Waals surface area contributed by atoms with Gasteiger partial charge in [-0.2, -0.15) is 0 Å². The Morgan fingerprint density at radius 1 is 1.31 bits per heavy atom. The van der Waals surface area contributed by atoms with Gasteiger partial charge in [0, 0.05) is 32.3 Å². The molecule has 1 saturated carbocycles. The Morgan fingerprint density at radius 3 is 2.75 bits per heavy atom. The van der Waals surface area contributed by atoms with Crippen LogP contribution in [0.3, 0.4) is 0 Å². The molecule has 0 aromatic rings. The van der Waals surface area contributed by atoms with Crippen molar-refractivity contribution in [2.75, 3.05) is 26.3 Å². The van der Waals surface area contributed by atoms with Crippen molar-refractivity contribution in [2.24, 2.45) is 4.99 Å². The first-order chi connectivity index (χ1) is 7.86. The van der Waals surface area contributed by atoms with Gasteiger partial charge in [-0.1, -0.05) is 0 Å². The van der Waals surface area contributed by atoms with Gasteiger partial charge in [0.15, 0.2) is 5.96 Å². The van der Waals surface area contributed by atoms with Crippen LogP contribution in [0.5, 0.6) is 0 Å². The summed E-state index contributed by atoms with van der Waals surface area (Å²) in [5.74, 6) is 0.974. The van der Waals surface area contributed by atoms with Crippen LogP contribution in [-0.2, 0) is 4.74 Å². The molecule has 1 aliphatic rings. The first-order valence-corrected chi connectivity index (χ1v) is 6.49. The molecule has 0 amide bonds. The van der Waals surface area contributed by atoms with Gasteiger partial charge >= 0.3 is 0 Å². The quantitative estimate of drug-likeness (QED) is 0.375. The van der Waals surface area contributed by atoms with Crippen molar-refractivity contribution in [3.63, 3.8) is 0 Å². The van der Waals surface area contributed by atoms with Crippen molar-refractivity contribution in [1.82, 2.24) is 10.6 Å². The second-order valence-corrected chi connectivity index (χ2v) is 4.08. The molecule has 0 atom stereocenters. The van der Waals surface area contributed by atoms with Crippen LogP contribution in [0.15, 0.2) is 4.99 Å². The monoisotopic (exact) mass is 227 g/mol. The fourth-order valence-electron chi connectivity index (χ4n) is 1.39. The molecule has 1 aliphatic carbocycles. The van der Waals surface area contributed by atoms with E-state index >= 15 is 0 Å². The number of aliphatic imine (C=N–C) groups is 1.